The molecule has 2 aliphatic rings. The summed E-state index contributed by atoms with van der Waals surface area (Å²) >= 11 is 0. The van der Waals surface area contributed by atoms with Crippen LogP contribution in [0.4, 0.5) is 0 Å². The summed E-state index contributed by atoms with van der Waals surface area (Å²) in [7, 11) is 2.00. The summed E-state index contributed by atoms with van der Waals surface area (Å²) in [6.45, 7) is 10.2. The van der Waals surface area contributed by atoms with Gasteiger partial charge >= 0.3 is 0 Å². The molecule has 4 rings (SSSR count). The first kappa shape index (κ1) is 29.7. The Balaban J connectivity index is 1.35. The third-order valence-corrected chi connectivity index (χ3v) is 9.40. The van der Waals surface area contributed by atoms with Gasteiger partial charge in [0.2, 0.25) is 11.8 Å². The quantitative estimate of drug-likeness (QED) is 0.344. The van der Waals surface area contributed by atoms with Crippen molar-refractivity contribution in [3.05, 3.63) is 70.8 Å². The number of benzene rings is 2. The average molecular weight is 546 g/mol. The first-order valence-corrected chi connectivity index (χ1v) is 14.8. The number of hydrogen-bond acceptors (Lipinski definition) is 5. The molecule has 0 aliphatic carbocycles. The number of nitrogens with zero attached hydrogens (tertiary/aromatic N) is 3. The van der Waals surface area contributed by atoms with E-state index in [0.717, 1.165) is 11.1 Å². The molecule has 0 aromatic heterocycles. The molecule has 2 aromatic carbocycles. The normalized spacial score (nSPS) is 17.9. The molecule has 40 heavy (non-hydrogen) atoms. The molecule has 0 atom stereocenters. The molecule has 2 heterocycles. The summed E-state index contributed by atoms with van der Waals surface area (Å²) in [6, 6.07) is 15.0. The van der Waals surface area contributed by atoms with Crippen molar-refractivity contribution in [2.45, 2.75) is 77.0 Å². The van der Waals surface area contributed by atoms with Gasteiger partial charge in [-0.3, -0.25) is 29.0 Å². The Morgan fingerprint density at radius 2 is 0.950 bits per heavy atom. The van der Waals surface area contributed by atoms with Crippen LogP contribution in [0.3, 0.4) is 0 Å². The minimum absolute atomic E-state index is 0.0958. The number of imide groups is 2. The summed E-state index contributed by atoms with van der Waals surface area (Å²) < 4.78 is 0. The highest BCUT2D eigenvalue weighted by atomic mass is 16.2. The molecule has 0 spiro atoms. The van der Waals surface area contributed by atoms with E-state index < -0.39 is 10.8 Å². The number of carbonyl (C=O) groups excluding carboxylic acids is 4. The van der Waals surface area contributed by atoms with Gasteiger partial charge in [-0.2, -0.15) is 0 Å². The molecule has 214 valence electrons. The molecule has 0 unspecified atom stereocenters. The predicted molar refractivity (Wildman–Crippen MR) is 156 cm³/mol. The lowest BCUT2D eigenvalue weighted by Gasteiger charge is -2.41. The van der Waals surface area contributed by atoms with Crippen molar-refractivity contribution in [2.75, 3.05) is 33.2 Å². The molecule has 7 nitrogen and oxygen atoms in total. The maximum Gasteiger partial charge on any atom is 0.260 e. The molecule has 7 heteroatoms. The Hall–Kier alpha value is -3.32. The fourth-order valence-corrected chi connectivity index (χ4v) is 6.78. The molecule has 0 N–H and O–H groups in total. The van der Waals surface area contributed by atoms with E-state index in [-0.39, 0.29) is 23.6 Å². The van der Waals surface area contributed by atoms with Crippen LogP contribution in [0.25, 0.3) is 0 Å². The van der Waals surface area contributed by atoms with Gasteiger partial charge < -0.3 is 4.90 Å². The molecule has 0 fully saturated rings. The molecule has 0 radical (unpaired) electrons. The van der Waals surface area contributed by atoms with Gasteiger partial charge in [0, 0.05) is 24.2 Å². The average Bonchev–Trinajstić information content (AvgIpc) is 2.98. The lowest BCUT2D eigenvalue weighted by Crippen LogP contribution is -2.54. The van der Waals surface area contributed by atoms with E-state index in [1.165, 1.54) is 9.80 Å². The van der Waals surface area contributed by atoms with E-state index in [1.807, 2.05) is 83.3 Å². The second kappa shape index (κ2) is 12.0. The van der Waals surface area contributed by atoms with Crippen molar-refractivity contribution in [2.24, 2.45) is 0 Å². The fraction of sp³-hybridized carbons (Fsp3) is 0.515. The second-order valence-electron chi connectivity index (χ2n) is 11.2. The minimum Gasteiger partial charge on any atom is -0.306 e. The van der Waals surface area contributed by atoms with Gasteiger partial charge in [-0.15, -0.1) is 0 Å². The van der Waals surface area contributed by atoms with Gasteiger partial charge in [-0.1, -0.05) is 64.1 Å². The standard InChI is InChI=1S/C33H43N3O4/c1-6-32(7-2)26-18-12-10-16-24(26)28(37)35(30(32)39)22-14-20-34(5)21-15-23-36-29(38)25-17-11-13-19-27(25)33(8-3,9-4)31(36)40/h10-13,16-19H,6-9,14-15,20-23H2,1-5H3. The van der Waals surface area contributed by atoms with Crippen LogP contribution in [-0.4, -0.2) is 71.6 Å². The lowest BCUT2D eigenvalue weighted by molar-refractivity contribution is -0.136. The smallest absolute Gasteiger partial charge is 0.260 e. The van der Waals surface area contributed by atoms with Gasteiger partial charge in [0.25, 0.3) is 11.8 Å². The Bertz CT molecular complexity index is 1180. The molecule has 4 amide bonds. The SMILES string of the molecule is CCC1(CC)C(=O)N(CCCN(C)CCCN2C(=O)c3ccccc3C(CC)(CC)C2=O)C(=O)c2ccccc21. The first-order valence-electron chi connectivity index (χ1n) is 14.8. The Kier molecular flexibility index (Phi) is 8.93. The zero-order valence-electron chi connectivity index (χ0n) is 24.7. The topological polar surface area (TPSA) is 78.0 Å². The van der Waals surface area contributed by atoms with Crippen molar-refractivity contribution in [3.63, 3.8) is 0 Å². The molecular weight excluding hydrogens is 502 g/mol. The summed E-state index contributed by atoms with van der Waals surface area (Å²) in [4.78, 5) is 58.7. The summed E-state index contributed by atoms with van der Waals surface area (Å²) in [5, 5.41) is 0. The van der Waals surface area contributed by atoms with E-state index in [2.05, 4.69) is 4.90 Å². The first-order chi connectivity index (χ1) is 19.2. The maximum atomic E-state index is 13.6. The van der Waals surface area contributed by atoms with E-state index in [1.54, 1.807) is 0 Å². The van der Waals surface area contributed by atoms with Crippen LogP contribution in [0.15, 0.2) is 48.5 Å². The Labute approximate surface area is 238 Å². The van der Waals surface area contributed by atoms with Crippen molar-refractivity contribution in [3.8, 4) is 0 Å². The highest BCUT2D eigenvalue weighted by Crippen LogP contribution is 2.41. The van der Waals surface area contributed by atoms with E-state index in [4.69, 9.17) is 0 Å². The summed E-state index contributed by atoms with van der Waals surface area (Å²) in [5.41, 5.74) is 1.65. The highest BCUT2D eigenvalue weighted by molar-refractivity contribution is 6.14. The molecular formula is C33H43N3O4. The lowest BCUT2D eigenvalue weighted by atomic mass is 9.70. The predicted octanol–water partition coefficient (Wildman–Crippen LogP) is 5.18. The van der Waals surface area contributed by atoms with Crippen LogP contribution < -0.4 is 0 Å². The van der Waals surface area contributed by atoms with Crippen molar-refractivity contribution in [1.82, 2.24) is 14.7 Å². The maximum absolute atomic E-state index is 13.6. The number of carbonyl (C=O) groups is 4. The third-order valence-electron chi connectivity index (χ3n) is 9.40. The zero-order valence-corrected chi connectivity index (χ0v) is 24.7. The van der Waals surface area contributed by atoms with E-state index >= 15 is 0 Å². The minimum atomic E-state index is -0.658. The van der Waals surface area contributed by atoms with Gasteiger partial charge in [-0.05, 0) is 81.9 Å². The largest absolute Gasteiger partial charge is 0.306 e. The van der Waals surface area contributed by atoms with Gasteiger partial charge in [-0.25, -0.2) is 0 Å². The monoisotopic (exact) mass is 545 g/mol. The van der Waals surface area contributed by atoms with E-state index in [0.29, 0.717) is 75.8 Å². The molecule has 2 aliphatic heterocycles. The summed E-state index contributed by atoms with van der Waals surface area (Å²) in [5.74, 6) is -0.611. The number of fused-ring (bicyclic) bond motifs is 2. The Morgan fingerprint density at radius 3 is 1.30 bits per heavy atom. The number of rotatable bonds is 12. The van der Waals surface area contributed by atoms with Crippen LogP contribution in [-0.2, 0) is 20.4 Å². The van der Waals surface area contributed by atoms with Crippen LogP contribution in [0, 0.1) is 0 Å². The van der Waals surface area contributed by atoms with E-state index in [9.17, 15) is 19.2 Å². The van der Waals surface area contributed by atoms with Crippen LogP contribution >= 0.6 is 0 Å². The molecule has 2 aromatic rings. The second-order valence-corrected chi connectivity index (χ2v) is 11.2. The zero-order chi connectivity index (χ0) is 29.1. The van der Waals surface area contributed by atoms with Crippen LogP contribution in [0.5, 0.6) is 0 Å². The summed E-state index contributed by atoms with van der Waals surface area (Å²) in [6.07, 6.45) is 3.92. The number of amides is 4. The Morgan fingerprint density at radius 1 is 0.600 bits per heavy atom. The molecule has 0 bridgehead atoms. The van der Waals surface area contributed by atoms with Gasteiger partial charge in [0.05, 0.1) is 10.8 Å². The van der Waals surface area contributed by atoms with Crippen molar-refractivity contribution >= 4 is 23.6 Å². The van der Waals surface area contributed by atoms with Gasteiger partial charge in [0.15, 0.2) is 0 Å². The van der Waals surface area contributed by atoms with Crippen LogP contribution in [0.1, 0.15) is 98.1 Å². The highest BCUT2D eigenvalue weighted by Gasteiger charge is 2.49. The van der Waals surface area contributed by atoms with Crippen molar-refractivity contribution < 1.29 is 19.2 Å². The van der Waals surface area contributed by atoms with Crippen molar-refractivity contribution in [1.29, 1.82) is 0 Å². The fourth-order valence-electron chi connectivity index (χ4n) is 6.78. The van der Waals surface area contributed by atoms with Gasteiger partial charge in [0.1, 0.15) is 0 Å². The molecule has 0 saturated carbocycles. The number of hydrogen-bond donors (Lipinski definition) is 0. The van der Waals surface area contributed by atoms with Crippen LogP contribution in [0.2, 0.25) is 0 Å². The third kappa shape index (κ3) is 4.78. The molecule has 0 saturated heterocycles.